The molecule has 4 aliphatic heterocycles. The number of likely N-dealkylation sites (N-methyl/N-ethyl adjacent to an activating group) is 1. The van der Waals surface area contributed by atoms with Gasteiger partial charge in [0.25, 0.3) is 0 Å². The highest BCUT2D eigenvalue weighted by Gasteiger charge is 2.56. The van der Waals surface area contributed by atoms with Crippen molar-refractivity contribution < 1.29 is 58.1 Å². The summed E-state index contributed by atoms with van der Waals surface area (Å²) in [5.74, 6) is -2.89. The van der Waals surface area contributed by atoms with Crippen molar-refractivity contribution in [1.29, 1.82) is 0 Å². The van der Waals surface area contributed by atoms with Crippen LogP contribution in [-0.2, 0) is 42.7 Å². The largest absolute Gasteiger partial charge is 0.458 e. The topological polar surface area (TPSA) is 166 Å². The first-order valence-electron chi connectivity index (χ1n) is 20.0. The molecule has 0 aromatic carbocycles. The number of carbonyl (C=O) groups excluding carboxylic acids is 2. The number of cyclic esters (lactones) is 1. The molecule has 18 atom stereocenters. The summed E-state index contributed by atoms with van der Waals surface area (Å²) in [5, 5.41) is 35.2. The zero-order valence-electron chi connectivity index (χ0n) is 35.3. The third-order valence-electron chi connectivity index (χ3n) is 13.2. The van der Waals surface area contributed by atoms with Gasteiger partial charge in [0.05, 0.1) is 48.0 Å². The summed E-state index contributed by atoms with van der Waals surface area (Å²) in [6.45, 7) is 19.2. The maximum absolute atomic E-state index is 14.5. The lowest BCUT2D eigenvalue weighted by Crippen LogP contribution is -2.60. The molecule has 3 N–H and O–H groups in total. The van der Waals surface area contributed by atoms with Crippen LogP contribution in [0.25, 0.3) is 0 Å². The van der Waals surface area contributed by atoms with E-state index in [9.17, 15) is 24.9 Å². The van der Waals surface area contributed by atoms with Gasteiger partial charge in [-0.15, -0.1) is 0 Å². The molecular formula is C40H72N2O12. The van der Waals surface area contributed by atoms with Crippen LogP contribution in [0.4, 0.5) is 0 Å². The molecule has 14 heteroatoms. The Labute approximate surface area is 323 Å². The van der Waals surface area contributed by atoms with Crippen molar-refractivity contribution in [1.82, 2.24) is 9.80 Å². The average molecular weight is 773 g/mol. The van der Waals surface area contributed by atoms with Crippen LogP contribution < -0.4 is 0 Å². The molecule has 0 aromatic rings. The van der Waals surface area contributed by atoms with Crippen molar-refractivity contribution >= 4 is 11.9 Å². The van der Waals surface area contributed by atoms with Gasteiger partial charge in [-0.2, -0.15) is 0 Å². The monoisotopic (exact) mass is 773 g/mol. The van der Waals surface area contributed by atoms with Gasteiger partial charge in [0, 0.05) is 44.0 Å². The molecule has 0 saturated carbocycles. The van der Waals surface area contributed by atoms with E-state index >= 15 is 0 Å². The molecule has 54 heavy (non-hydrogen) atoms. The maximum atomic E-state index is 14.5. The lowest BCUT2D eigenvalue weighted by Gasteiger charge is -2.48. The molecule has 0 aliphatic carbocycles. The molecule has 14 nitrogen and oxygen atoms in total. The van der Waals surface area contributed by atoms with E-state index in [2.05, 4.69) is 18.7 Å². The first kappa shape index (κ1) is 45.2. The molecule has 0 aromatic heterocycles. The van der Waals surface area contributed by atoms with Gasteiger partial charge in [-0.25, -0.2) is 0 Å². The normalized spacial score (nSPS) is 49.1. The number of aliphatic hydroxyl groups is 3. The Balaban J connectivity index is 1.83. The highest BCUT2D eigenvalue weighted by atomic mass is 16.7. The van der Waals surface area contributed by atoms with Crippen LogP contribution in [0.5, 0.6) is 0 Å². The average Bonchev–Trinajstić information content (AvgIpc) is 3.40. The molecule has 0 bridgehead atoms. The second-order valence-corrected chi connectivity index (χ2v) is 18.0. The molecule has 0 amide bonds. The van der Waals surface area contributed by atoms with Gasteiger partial charge < -0.3 is 58.3 Å². The Kier molecular flexibility index (Phi) is 14.7. The van der Waals surface area contributed by atoms with Crippen LogP contribution in [0, 0.1) is 23.7 Å². The van der Waals surface area contributed by atoms with Gasteiger partial charge in [0.2, 0.25) is 0 Å². The van der Waals surface area contributed by atoms with Crippen LogP contribution in [-0.4, -0.2) is 156 Å². The van der Waals surface area contributed by atoms with Crippen molar-refractivity contribution in [2.75, 3.05) is 34.8 Å². The summed E-state index contributed by atoms with van der Waals surface area (Å²) >= 11 is 0. The van der Waals surface area contributed by atoms with Gasteiger partial charge in [0.15, 0.2) is 18.2 Å². The smallest absolute Gasteiger partial charge is 0.311 e. The standard InChI is InChI=1S/C40H72N2O12/c1-15-29-40(10)27(17-30(43)54-40)25(6)42(13)20-21(2)18-38(8,47)35(53-37-32(44)28(41(11)12)16-22(3)49-37)23(4)33(24(5)36(46)51-29)52-31-19-39(9,48-14)34(45)26(7)50-31/h21-29,31-35,37,44-45,47H,15-20H2,1-14H3/t21-,22-,23+,24-,25-,26+,27-,28+,29-,31+,32-,33+,34+,35-,37+,38-,39-,40+/m1/s1. The zero-order valence-corrected chi connectivity index (χ0v) is 35.3. The van der Waals surface area contributed by atoms with Gasteiger partial charge in [-0.1, -0.05) is 20.8 Å². The first-order valence-corrected chi connectivity index (χ1v) is 20.0. The summed E-state index contributed by atoms with van der Waals surface area (Å²) < 4.78 is 44.2. The zero-order chi connectivity index (χ0) is 40.7. The highest BCUT2D eigenvalue weighted by molar-refractivity contribution is 5.75. The van der Waals surface area contributed by atoms with Crippen molar-refractivity contribution in [3.8, 4) is 0 Å². The predicted octanol–water partition coefficient (Wildman–Crippen LogP) is 3.11. The lowest BCUT2D eigenvalue weighted by atomic mass is 9.77. The van der Waals surface area contributed by atoms with E-state index in [0.29, 0.717) is 25.8 Å². The summed E-state index contributed by atoms with van der Waals surface area (Å²) in [4.78, 5) is 31.5. The molecule has 4 fully saturated rings. The van der Waals surface area contributed by atoms with Crippen LogP contribution in [0.1, 0.15) is 101 Å². The molecule has 0 radical (unpaired) electrons. The lowest BCUT2D eigenvalue weighted by molar-refractivity contribution is -0.318. The van der Waals surface area contributed by atoms with E-state index in [1.165, 1.54) is 7.11 Å². The van der Waals surface area contributed by atoms with Gasteiger partial charge in [0.1, 0.15) is 18.3 Å². The number of esters is 2. The SMILES string of the molecule is CC[C@H]1OC(=O)[C@H](C)[C@@H](O[C@H]2C[C@@](C)(OC)[C@@H](O)[C@H](C)O2)[C@H](C)[C@@H](O[C@@H]2O[C@H](C)C[C@H](N(C)C)[C@H]2O)[C@](C)(O)C[C@@H](C)CN(C)[C@H](C)[C@H]2CC(=O)O[C@@]21C. The Morgan fingerprint density at radius 3 is 2.22 bits per heavy atom. The number of nitrogens with zero attached hydrogens (tertiary/aromatic N) is 2. The molecule has 0 spiro atoms. The van der Waals surface area contributed by atoms with E-state index in [1.54, 1.807) is 27.7 Å². The van der Waals surface area contributed by atoms with E-state index in [-0.39, 0.29) is 48.8 Å². The summed E-state index contributed by atoms with van der Waals surface area (Å²) in [7, 11) is 7.32. The fourth-order valence-electron chi connectivity index (χ4n) is 9.81. The molecule has 4 heterocycles. The van der Waals surface area contributed by atoms with Crippen molar-refractivity contribution in [2.24, 2.45) is 23.7 Å². The number of rotatable bonds is 7. The van der Waals surface area contributed by atoms with Crippen LogP contribution >= 0.6 is 0 Å². The van der Waals surface area contributed by atoms with E-state index in [4.69, 9.17) is 33.2 Å². The number of hydrogen-bond donors (Lipinski definition) is 3. The number of methoxy groups -OCH3 is 1. The van der Waals surface area contributed by atoms with Crippen molar-refractivity contribution in [2.45, 2.75) is 186 Å². The fraction of sp³-hybridized carbons (Fsp3) is 0.950. The number of aliphatic hydroxyl groups excluding tert-OH is 2. The molecular weight excluding hydrogens is 700 g/mol. The summed E-state index contributed by atoms with van der Waals surface area (Å²) in [6, 6.07) is -0.384. The number of hydrogen-bond acceptors (Lipinski definition) is 14. The minimum Gasteiger partial charge on any atom is -0.458 e. The second-order valence-electron chi connectivity index (χ2n) is 18.0. The second kappa shape index (κ2) is 17.6. The van der Waals surface area contributed by atoms with Crippen molar-refractivity contribution in [3.05, 3.63) is 0 Å². The Bertz CT molecular complexity index is 1270. The minimum atomic E-state index is -1.52. The summed E-state index contributed by atoms with van der Waals surface area (Å²) in [5.41, 5.74) is -3.60. The van der Waals surface area contributed by atoms with E-state index in [0.717, 1.165) is 0 Å². The van der Waals surface area contributed by atoms with Crippen LogP contribution in [0.15, 0.2) is 0 Å². The molecule has 4 rings (SSSR count). The summed E-state index contributed by atoms with van der Waals surface area (Å²) in [6.07, 6.45) is -5.94. The quantitative estimate of drug-likeness (QED) is 0.323. The number of fused-ring (bicyclic) bond motifs is 1. The third-order valence-corrected chi connectivity index (χ3v) is 13.2. The molecule has 4 aliphatic rings. The van der Waals surface area contributed by atoms with Crippen LogP contribution in [0.3, 0.4) is 0 Å². The maximum Gasteiger partial charge on any atom is 0.311 e. The van der Waals surface area contributed by atoms with Gasteiger partial charge >= 0.3 is 11.9 Å². The molecule has 4 saturated heterocycles. The Morgan fingerprint density at radius 1 is 0.981 bits per heavy atom. The van der Waals surface area contributed by atoms with Crippen molar-refractivity contribution in [3.63, 3.8) is 0 Å². The molecule has 0 unspecified atom stereocenters. The van der Waals surface area contributed by atoms with Gasteiger partial charge in [-0.3, -0.25) is 9.59 Å². The van der Waals surface area contributed by atoms with Gasteiger partial charge in [-0.05, 0) is 94.8 Å². The minimum absolute atomic E-state index is 0.0612. The highest BCUT2D eigenvalue weighted by Crippen LogP contribution is 2.44. The van der Waals surface area contributed by atoms with Crippen LogP contribution in [0.2, 0.25) is 0 Å². The predicted molar refractivity (Wildman–Crippen MR) is 200 cm³/mol. The number of ether oxygens (including phenoxy) is 7. The van der Waals surface area contributed by atoms with E-state index < -0.39 is 83.8 Å². The van der Waals surface area contributed by atoms with E-state index in [1.807, 2.05) is 53.7 Å². The first-order chi connectivity index (χ1) is 25.0. The fourth-order valence-corrected chi connectivity index (χ4v) is 9.81. The third kappa shape index (κ3) is 9.45. The Morgan fingerprint density at radius 2 is 1.63 bits per heavy atom. The number of carbonyl (C=O) groups is 2. The Hall–Kier alpha value is -1.46. The molecule has 314 valence electrons.